The second kappa shape index (κ2) is 5.99. The number of nitrogens with one attached hydrogen (secondary N) is 1. The highest BCUT2D eigenvalue weighted by molar-refractivity contribution is 5.63. The average molecular weight is 219 g/mol. The van der Waals surface area contributed by atoms with Gasteiger partial charge in [0.2, 0.25) is 0 Å². The smallest absolute Gasteiger partial charge is 0.101 e. The fourth-order valence-electron chi connectivity index (χ4n) is 1.41. The van der Waals surface area contributed by atoms with E-state index in [2.05, 4.69) is 18.3 Å². The van der Waals surface area contributed by atoms with Crippen LogP contribution in [0.25, 0.3) is 0 Å². The molecule has 1 aromatic rings. The summed E-state index contributed by atoms with van der Waals surface area (Å²) in [5.41, 5.74) is 7.61. The monoisotopic (exact) mass is 219 g/mol. The van der Waals surface area contributed by atoms with Crippen molar-refractivity contribution >= 4 is 11.4 Å². The van der Waals surface area contributed by atoms with Gasteiger partial charge in [0.05, 0.1) is 11.3 Å². The lowest BCUT2D eigenvalue weighted by Crippen LogP contribution is -2.17. The van der Waals surface area contributed by atoms with Crippen LogP contribution in [0.4, 0.5) is 11.4 Å². The van der Waals surface area contributed by atoms with E-state index < -0.39 is 0 Å². The van der Waals surface area contributed by atoms with E-state index in [0.29, 0.717) is 17.9 Å². The molecule has 0 aliphatic carbocycles. The highest BCUT2D eigenvalue weighted by Crippen LogP contribution is 2.19. The second-order valence-electron chi connectivity index (χ2n) is 3.74. The first-order chi connectivity index (χ1) is 7.67. The summed E-state index contributed by atoms with van der Waals surface area (Å²) >= 11 is 0. The van der Waals surface area contributed by atoms with E-state index in [-0.39, 0.29) is 6.04 Å². The number of rotatable bonds is 5. The number of nitriles is 1. The summed E-state index contributed by atoms with van der Waals surface area (Å²) in [5.74, 6) is 0. The lowest BCUT2D eigenvalue weighted by molar-refractivity contribution is 0.191. The molecule has 0 amide bonds. The first kappa shape index (κ1) is 12.3. The number of anilines is 2. The van der Waals surface area contributed by atoms with Crippen LogP contribution < -0.4 is 11.1 Å². The maximum absolute atomic E-state index is 8.96. The minimum atomic E-state index is 0.260. The lowest BCUT2D eigenvalue weighted by atomic mass is 10.1. The fraction of sp³-hybridized carbons (Fsp3) is 0.417. The minimum absolute atomic E-state index is 0.260. The van der Waals surface area contributed by atoms with Gasteiger partial charge in [-0.2, -0.15) is 5.26 Å². The van der Waals surface area contributed by atoms with E-state index in [9.17, 15) is 0 Å². The van der Waals surface area contributed by atoms with Crippen molar-refractivity contribution in [1.82, 2.24) is 0 Å². The van der Waals surface area contributed by atoms with E-state index in [1.807, 2.05) is 6.07 Å². The maximum Gasteiger partial charge on any atom is 0.101 e. The van der Waals surface area contributed by atoms with Crippen LogP contribution in [0.2, 0.25) is 0 Å². The molecule has 1 atom stereocenters. The summed E-state index contributed by atoms with van der Waals surface area (Å²) in [7, 11) is 1.68. The Bertz CT molecular complexity index is 384. The van der Waals surface area contributed by atoms with Crippen molar-refractivity contribution in [2.45, 2.75) is 19.4 Å². The summed E-state index contributed by atoms with van der Waals surface area (Å²) in [5, 5.41) is 12.2. The highest BCUT2D eigenvalue weighted by Gasteiger charge is 2.06. The van der Waals surface area contributed by atoms with Crippen LogP contribution in [-0.2, 0) is 4.74 Å². The molecule has 0 spiro atoms. The van der Waals surface area contributed by atoms with Crippen molar-refractivity contribution in [3.63, 3.8) is 0 Å². The van der Waals surface area contributed by atoms with Crippen molar-refractivity contribution < 1.29 is 4.74 Å². The number of nitrogen functional groups attached to an aromatic ring is 1. The number of hydrogen-bond acceptors (Lipinski definition) is 4. The third-order valence-electron chi connectivity index (χ3n) is 2.32. The molecule has 0 saturated carbocycles. The zero-order valence-corrected chi connectivity index (χ0v) is 9.66. The molecule has 0 aliphatic rings. The van der Waals surface area contributed by atoms with Gasteiger partial charge in [-0.05, 0) is 31.5 Å². The van der Waals surface area contributed by atoms with Gasteiger partial charge in [-0.3, -0.25) is 0 Å². The van der Waals surface area contributed by atoms with Gasteiger partial charge in [-0.15, -0.1) is 0 Å². The van der Waals surface area contributed by atoms with Crippen LogP contribution >= 0.6 is 0 Å². The Balaban J connectivity index is 2.70. The normalized spacial score (nSPS) is 11.8. The molecule has 4 heteroatoms. The zero-order valence-electron chi connectivity index (χ0n) is 9.66. The first-order valence-electron chi connectivity index (χ1n) is 5.22. The van der Waals surface area contributed by atoms with E-state index in [0.717, 1.165) is 12.1 Å². The first-order valence-corrected chi connectivity index (χ1v) is 5.22. The average Bonchev–Trinajstić information content (AvgIpc) is 2.28. The van der Waals surface area contributed by atoms with Crippen LogP contribution in [-0.4, -0.2) is 19.8 Å². The molecule has 1 aromatic carbocycles. The van der Waals surface area contributed by atoms with Crippen molar-refractivity contribution in [2.24, 2.45) is 0 Å². The fourth-order valence-corrected chi connectivity index (χ4v) is 1.41. The molecule has 1 unspecified atom stereocenters. The number of nitrogens with zero attached hydrogens (tertiary/aromatic N) is 1. The molecule has 0 bridgehead atoms. The topological polar surface area (TPSA) is 71.1 Å². The quantitative estimate of drug-likeness (QED) is 0.743. The lowest BCUT2D eigenvalue weighted by Gasteiger charge is -2.15. The number of hydrogen-bond donors (Lipinski definition) is 2. The summed E-state index contributed by atoms with van der Waals surface area (Å²) in [6, 6.07) is 7.67. The predicted octanol–water partition coefficient (Wildman–Crippen LogP) is 1.98. The van der Waals surface area contributed by atoms with Crippen molar-refractivity contribution in [3.8, 4) is 6.07 Å². The maximum atomic E-state index is 8.96. The van der Waals surface area contributed by atoms with E-state index in [1.165, 1.54) is 0 Å². The molecule has 86 valence electrons. The van der Waals surface area contributed by atoms with Crippen molar-refractivity contribution in [1.29, 1.82) is 5.26 Å². The van der Waals surface area contributed by atoms with E-state index in [1.54, 1.807) is 19.2 Å². The Morgan fingerprint density at radius 3 is 2.94 bits per heavy atom. The highest BCUT2D eigenvalue weighted by atomic mass is 16.5. The molecule has 0 radical (unpaired) electrons. The van der Waals surface area contributed by atoms with Gasteiger partial charge in [0.15, 0.2) is 0 Å². The number of ether oxygens (including phenoxy) is 1. The summed E-state index contributed by atoms with van der Waals surface area (Å²) in [4.78, 5) is 0. The summed E-state index contributed by atoms with van der Waals surface area (Å²) in [6.07, 6.45) is 0.895. The van der Waals surface area contributed by atoms with Crippen LogP contribution in [0, 0.1) is 11.3 Å². The molecular formula is C12H17N3O. The van der Waals surface area contributed by atoms with Gasteiger partial charge in [0.25, 0.3) is 0 Å². The Hall–Kier alpha value is -1.73. The predicted molar refractivity (Wildman–Crippen MR) is 65.1 cm³/mol. The molecule has 0 aliphatic heterocycles. The SMILES string of the molecule is COCCC(C)Nc1ccc(N)cc1C#N. The van der Waals surface area contributed by atoms with Crippen molar-refractivity contribution in [3.05, 3.63) is 23.8 Å². The Labute approximate surface area is 96.0 Å². The zero-order chi connectivity index (χ0) is 12.0. The van der Waals surface area contributed by atoms with Gasteiger partial charge in [0.1, 0.15) is 6.07 Å². The van der Waals surface area contributed by atoms with Gasteiger partial charge < -0.3 is 15.8 Å². The van der Waals surface area contributed by atoms with Crippen LogP contribution in [0.1, 0.15) is 18.9 Å². The van der Waals surface area contributed by atoms with Crippen molar-refractivity contribution in [2.75, 3.05) is 24.8 Å². The van der Waals surface area contributed by atoms with Gasteiger partial charge in [-0.1, -0.05) is 0 Å². The molecular weight excluding hydrogens is 202 g/mol. The third kappa shape index (κ3) is 3.44. The summed E-state index contributed by atoms with van der Waals surface area (Å²) in [6.45, 7) is 2.75. The minimum Gasteiger partial charge on any atom is -0.399 e. The van der Waals surface area contributed by atoms with Crippen LogP contribution in [0.3, 0.4) is 0 Å². The second-order valence-corrected chi connectivity index (χ2v) is 3.74. The molecule has 0 saturated heterocycles. The molecule has 0 heterocycles. The Morgan fingerprint density at radius 2 is 2.31 bits per heavy atom. The van der Waals surface area contributed by atoms with E-state index in [4.69, 9.17) is 15.7 Å². The molecule has 1 rings (SSSR count). The van der Waals surface area contributed by atoms with Gasteiger partial charge in [0, 0.05) is 25.4 Å². The molecule has 0 aromatic heterocycles. The number of nitrogens with two attached hydrogens (primary N) is 1. The largest absolute Gasteiger partial charge is 0.399 e. The number of methoxy groups -OCH3 is 1. The van der Waals surface area contributed by atoms with Crippen LogP contribution in [0.5, 0.6) is 0 Å². The number of benzene rings is 1. The molecule has 0 fully saturated rings. The molecule has 4 nitrogen and oxygen atoms in total. The Kier molecular flexibility index (Phi) is 4.62. The van der Waals surface area contributed by atoms with E-state index >= 15 is 0 Å². The Morgan fingerprint density at radius 1 is 1.56 bits per heavy atom. The standard InChI is InChI=1S/C12H17N3O/c1-9(5-6-16-2)15-12-4-3-11(14)7-10(12)8-13/h3-4,7,9,15H,5-6,14H2,1-2H3. The van der Waals surface area contributed by atoms with Gasteiger partial charge in [-0.25, -0.2) is 0 Å². The summed E-state index contributed by atoms with van der Waals surface area (Å²) < 4.78 is 5.00. The molecule has 16 heavy (non-hydrogen) atoms. The van der Waals surface area contributed by atoms with Gasteiger partial charge >= 0.3 is 0 Å². The van der Waals surface area contributed by atoms with Crippen LogP contribution in [0.15, 0.2) is 18.2 Å². The molecule has 3 N–H and O–H groups in total. The third-order valence-corrected chi connectivity index (χ3v) is 2.32.